The number of hydrogen-bond acceptors (Lipinski definition) is 4. The molecule has 0 radical (unpaired) electrons. The molecule has 0 amide bonds. The number of carbonyl (C=O) groups is 1. The molecule has 0 fully saturated rings. The third kappa shape index (κ3) is 4.39. The number of ether oxygens (including phenoxy) is 1. The zero-order valence-electron chi connectivity index (χ0n) is 14.1. The Kier molecular flexibility index (Phi) is 5.79. The van der Waals surface area contributed by atoms with Crippen LogP contribution in [0.25, 0.3) is 0 Å². The first kappa shape index (κ1) is 20.0. The number of benzene rings is 3. The third-order valence-corrected chi connectivity index (χ3v) is 5.57. The molecule has 0 aliphatic carbocycles. The second-order valence-corrected chi connectivity index (χ2v) is 8.08. The number of hydrogen-bond donors (Lipinski definition) is 2. The van der Waals surface area contributed by atoms with E-state index in [-0.39, 0.29) is 27.0 Å². The molecule has 3 aromatic rings. The summed E-state index contributed by atoms with van der Waals surface area (Å²) >= 11 is 11.9. The lowest BCUT2D eigenvalue weighted by atomic mass is 10.2. The summed E-state index contributed by atoms with van der Waals surface area (Å²) in [6, 6.07) is 16.3. The maximum absolute atomic E-state index is 12.9. The van der Waals surface area contributed by atoms with Crippen molar-refractivity contribution in [2.45, 2.75) is 4.90 Å². The first-order valence-corrected chi connectivity index (χ1v) is 10.1. The van der Waals surface area contributed by atoms with Crippen molar-refractivity contribution in [1.82, 2.24) is 0 Å². The number of halogens is 2. The highest BCUT2D eigenvalue weighted by molar-refractivity contribution is 7.92. The molecule has 6 nitrogen and oxygen atoms in total. The molecule has 0 unspecified atom stereocenters. The summed E-state index contributed by atoms with van der Waals surface area (Å²) in [5.74, 6) is -1.64. The summed E-state index contributed by atoms with van der Waals surface area (Å²) < 4.78 is 33.8. The van der Waals surface area contributed by atoms with Gasteiger partial charge in [-0.3, -0.25) is 4.72 Å². The monoisotopic (exact) mass is 437 g/mol. The maximum atomic E-state index is 12.9. The summed E-state index contributed by atoms with van der Waals surface area (Å²) in [6.45, 7) is 0. The Balaban J connectivity index is 2.11. The molecule has 0 atom stereocenters. The van der Waals surface area contributed by atoms with E-state index in [9.17, 15) is 18.3 Å². The van der Waals surface area contributed by atoms with E-state index >= 15 is 0 Å². The van der Waals surface area contributed by atoms with E-state index in [1.807, 2.05) is 0 Å². The van der Waals surface area contributed by atoms with E-state index in [1.54, 1.807) is 30.3 Å². The number of rotatable bonds is 6. The average molecular weight is 438 g/mol. The highest BCUT2D eigenvalue weighted by Gasteiger charge is 2.26. The number of nitrogens with one attached hydrogen (secondary N) is 1. The van der Waals surface area contributed by atoms with Gasteiger partial charge in [0.2, 0.25) is 0 Å². The molecule has 0 saturated carbocycles. The number of sulfonamides is 1. The molecular formula is C19H13Cl2NO5S. The zero-order chi connectivity index (χ0) is 20.3. The van der Waals surface area contributed by atoms with E-state index in [0.29, 0.717) is 10.7 Å². The van der Waals surface area contributed by atoms with Gasteiger partial charge in [0.25, 0.3) is 10.0 Å². The highest BCUT2D eigenvalue weighted by Crippen LogP contribution is 2.37. The van der Waals surface area contributed by atoms with Crippen molar-refractivity contribution in [2.24, 2.45) is 0 Å². The smallest absolute Gasteiger partial charge is 0.339 e. The van der Waals surface area contributed by atoms with Gasteiger partial charge in [-0.15, -0.1) is 0 Å². The van der Waals surface area contributed by atoms with Crippen LogP contribution in [0.5, 0.6) is 11.5 Å². The Hall–Kier alpha value is -2.74. The standard InChI is InChI=1S/C19H13Cl2NO5S/c20-12-9-10-16(15(21)11-12)27-18-14(19(23)24)7-4-8-17(18)28(25,26)22-13-5-2-1-3-6-13/h1-11,22H,(H,23,24). The summed E-state index contributed by atoms with van der Waals surface area (Å²) in [4.78, 5) is 11.3. The first-order valence-electron chi connectivity index (χ1n) is 7.85. The largest absolute Gasteiger partial charge is 0.478 e. The zero-order valence-corrected chi connectivity index (χ0v) is 16.4. The van der Waals surface area contributed by atoms with Crippen LogP contribution in [-0.4, -0.2) is 19.5 Å². The molecule has 3 rings (SSSR count). The number of carboxylic acid groups (broad SMARTS) is 1. The van der Waals surface area contributed by atoms with Gasteiger partial charge in [-0.2, -0.15) is 0 Å². The number of carboxylic acids is 1. The van der Waals surface area contributed by atoms with Gasteiger partial charge in [-0.25, -0.2) is 13.2 Å². The Labute approximate surface area is 171 Å². The minimum atomic E-state index is -4.15. The number of aromatic carboxylic acids is 1. The van der Waals surface area contributed by atoms with Crippen LogP contribution < -0.4 is 9.46 Å². The molecule has 2 N–H and O–H groups in total. The van der Waals surface area contributed by atoms with Crippen molar-refractivity contribution in [1.29, 1.82) is 0 Å². The Bertz CT molecular complexity index is 1130. The summed E-state index contributed by atoms with van der Waals surface area (Å²) in [6.07, 6.45) is 0. The maximum Gasteiger partial charge on any atom is 0.339 e. The van der Waals surface area contributed by atoms with Crippen LogP contribution in [0.1, 0.15) is 10.4 Å². The molecule has 0 spiro atoms. The van der Waals surface area contributed by atoms with Gasteiger partial charge in [0.15, 0.2) is 5.75 Å². The molecule has 0 aromatic heterocycles. The van der Waals surface area contributed by atoms with Gasteiger partial charge in [-0.05, 0) is 42.5 Å². The number of anilines is 1. The summed E-state index contributed by atoms with van der Waals surface area (Å²) in [5, 5.41) is 9.94. The first-order chi connectivity index (χ1) is 13.3. The second-order valence-electron chi connectivity index (χ2n) is 5.59. The minimum absolute atomic E-state index is 0.0657. The lowest BCUT2D eigenvalue weighted by molar-refractivity contribution is 0.0693. The quantitative estimate of drug-likeness (QED) is 0.546. The van der Waals surface area contributed by atoms with Crippen molar-refractivity contribution in [2.75, 3.05) is 4.72 Å². The van der Waals surface area contributed by atoms with Gasteiger partial charge in [0, 0.05) is 10.7 Å². The normalized spacial score (nSPS) is 11.1. The molecule has 28 heavy (non-hydrogen) atoms. The van der Waals surface area contributed by atoms with Gasteiger partial charge in [0.05, 0.1) is 5.02 Å². The molecule has 0 heterocycles. The molecule has 144 valence electrons. The van der Waals surface area contributed by atoms with Crippen LogP contribution in [0.4, 0.5) is 5.69 Å². The molecule has 0 saturated heterocycles. The van der Waals surface area contributed by atoms with Crippen LogP contribution in [0.3, 0.4) is 0 Å². The number of para-hydroxylation sites is 2. The average Bonchev–Trinajstić information content (AvgIpc) is 2.64. The van der Waals surface area contributed by atoms with Crippen LogP contribution >= 0.6 is 23.2 Å². The Morgan fingerprint density at radius 1 is 0.964 bits per heavy atom. The van der Waals surface area contributed by atoms with Gasteiger partial charge < -0.3 is 9.84 Å². The molecule has 0 bridgehead atoms. The fourth-order valence-electron chi connectivity index (χ4n) is 2.39. The summed E-state index contributed by atoms with van der Waals surface area (Å²) in [7, 11) is -4.15. The van der Waals surface area contributed by atoms with E-state index in [0.717, 1.165) is 0 Å². The SMILES string of the molecule is O=C(O)c1cccc(S(=O)(=O)Nc2ccccc2)c1Oc1ccc(Cl)cc1Cl. The topological polar surface area (TPSA) is 92.7 Å². The van der Waals surface area contributed by atoms with Crippen molar-refractivity contribution >= 4 is 44.9 Å². The van der Waals surface area contributed by atoms with Crippen molar-refractivity contribution in [3.8, 4) is 11.5 Å². The van der Waals surface area contributed by atoms with Gasteiger partial charge >= 0.3 is 5.97 Å². The predicted molar refractivity (Wildman–Crippen MR) is 107 cm³/mol. The van der Waals surface area contributed by atoms with E-state index in [4.69, 9.17) is 27.9 Å². The highest BCUT2D eigenvalue weighted by atomic mass is 35.5. The van der Waals surface area contributed by atoms with Crippen LogP contribution in [0.15, 0.2) is 71.6 Å². The van der Waals surface area contributed by atoms with Crippen LogP contribution in [0.2, 0.25) is 10.0 Å². The predicted octanol–water partition coefficient (Wildman–Crippen LogP) is 5.28. The second kappa shape index (κ2) is 8.10. The fourth-order valence-corrected chi connectivity index (χ4v) is 4.04. The molecule has 3 aromatic carbocycles. The van der Waals surface area contributed by atoms with E-state index in [1.165, 1.54) is 36.4 Å². The summed E-state index contributed by atoms with van der Waals surface area (Å²) in [5.41, 5.74) is -0.0133. The van der Waals surface area contributed by atoms with Crippen molar-refractivity contribution < 1.29 is 23.1 Å². The Morgan fingerprint density at radius 2 is 1.68 bits per heavy atom. The van der Waals surface area contributed by atoms with E-state index < -0.39 is 16.0 Å². The van der Waals surface area contributed by atoms with Crippen LogP contribution in [-0.2, 0) is 10.0 Å². The van der Waals surface area contributed by atoms with Crippen LogP contribution in [0, 0.1) is 0 Å². The fraction of sp³-hybridized carbons (Fsp3) is 0. The Morgan fingerprint density at radius 3 is 2.32 bits per heavy atom. The lowest BCUT2D eigenvalue weighted by Gasteiger charge is -2.16. The lowest BCUT2D eigenvalue weighted by Crippen LogP contribution is -2.15. The van der Waals surface area contributed by atoms with Crippen molar-refractivity contribution in [3.05, 3.63) is 82.3 Å². The van der Waals surface area contributed by atoms with Gasteiger partial charge in [-0.1, -0.05) is 47.5 Å². The van der Waals surface area contributed by atoms with Gasteiger partial charge in [0.1, 0.15) is 16.2 Å². The molecule has 9 heteroatoms. The molecule has 0 aliphatic heterocycles. The van der Waals surface area contributed by atoms with Crippen molar-refractivity contribution in [3.63, 3.8) is 0 Å². The third-order valence-electron chi connectivity index (χ3n) is 3.63. The molecule has 0 aliphatic rings. The van der Waals surface area contributed by atoms with E-state index in [2.05, 4.69) is 4.72 Å². The minimum Gasteiger partial charge on any atom is -0.478 e. The molecular weight excluding hydrogens is 425 g/mol.